The molecule has 2 atom stereocenters. The van der Waals surface area contributed by atoms with Crippen LogP contribution in [-0.2, 0) is 20.7 Å². The van der Waals surface area contributed by atoms with Gasteiger partial charge in [0.25, 0.3) is 5.91 Å². The summed E-state index contributed by atoms with van der Waals surface area (Å²) in [6, 6.07) is 13.2. The summed E-state index contributed by atoms with van der Waals surface area (Å²) in [5.74, 6) is 0.0958. The van der Waals surface area contributed by atoms with Gasteiger partial charge >= 0.3 is 5.97 Å². The maximum atomic E-state index is 12.9. The molecule has 0 radical (unpaired) electrons. The normalized spacial score (nSPS) is 16.3. The zero-order valence-electron chi connectivity index (χ0n) is 17.8. The van der Waals surface area contributed by atoms with Crippen LogP contribution in [0.1, 0.15) is 31.9 Å². The van der Waals surface area contributed by atoms with E-state index in [1.54, 1.807) is 17.9 Å². The third-order valence-corrected chi connectivity index (χ3v) is 4.99. The van der Waals surface area contributed by atoms with E-state index in [1.807, 2.05) is 62.4 Å². The van der Waals surface area contributed by atoms with Crippen molar-refractivity contribution >= 4 is 23.6 Å². The number of para-hydroxylation sites is 1. The van der Waals surface area contributed by atoms with Gasteiger partial charge in [0.1, 0.15) is 0 Å². The van der Waals surface area contributed by atoms with Crippen LogP contribution in [0.4, 0.5) is 5.69 Å². The summed E-state index contributed by atoms with van der Waals surface area (Å²) in [4.78, 5) is 26.9. The summed E-state index contributed by atoms with van der Waals surface area (Å²) in [6.45, 7) is 5.18. The average molecular weight is 409 g/mol. The number of ether oxygens (including phenoxy) is 3. The lowest BCUT2D eigenvalue weighted by Gasteiger charge is -2.26. The molecule has 0 N–H and O–H groups in total. The summed E-state index contributed by atoms with van der Waals surface area (Å²) in [6.07, 6.45) is 3.73. The van der Waals surface area contributed by atoms with E-state index >= 15 is 0 Å². The number of benzene rings is 2. The zero-order valence-corrected chi connectivity index (χ0v) is 17.8. The summed E-state index contributed by atoms with van der Waals surface area (Å²) >= 11 is 0. The molecular formula is C24H27NO5. The first kappa shape index (κ1) is 21.4. The molecule has 1 aliphatic heterocycles. The number of nitrogens with zero attached hydrogens (tertiary/aromatic N) is 1. The number of esters is 1. The third-order valence-electron chi connectivity index (χ3n) is 4.99. The fraction of sp³-hybridized carbons (Fsp3) is 0.333. The van der Waals surface area contributed by atoms with Gasteiger partial charge in [0.05, 0.1) is 7.11 Å². The van der Waals surface area contributed by atoms with Crippen LogP contribution in [0, 0.1) is 0 Å². The number of hydrogen-bond acceptors (Lipinski definition) is 5. The topological polar surface area (TPSA) is 65.1 Å². The quantitative estimate of drug-likeness (QED) is 0.647. The van der Waals surface area contributed by atoms with Crippen LogP contribution in [0.3, 0.4) is 0 Å². The predicted octanol–water partition coefficient (Wildman–Crippen LogP) is 4.02. The molecule has 2 aromatic rings. The van der Waals surface area contributed by atoms with Gasteiger partial charge in [0.2, 0.25) is 0 Å². The number of hydrogen-bond donors (Lipinski definition) is 0. The van der Waals surface area contributed by atoms with Crippen molar-refractivity contribution in [1.82, 2.24) is 0 Å². The van der Waals surface area contributed by atoms with Crippen molar-refractivity contribution in [2.75, 3.05) is 18.6 Å². The van der Waals surface area contributed by atoms with Crippen LogP contribution >= 0.6 is 0 Å². The van der Waals surface area contributed by atoms with Gasteiger partial charge in [-0.3, -0.25) is 4.79 Å². The van der Waals surface area contributed by atoms with Crippen molar-refractivity contribution in [1.29, 1.82) is 0 Å². The lowest BCUT2D eigenvalue weighted by molar-refractivity contribution is -0.155. The fourth-order valence-corrected chi connectivity index (χ4v) is 3.62. The molecule has 30 heavy (non-hydrogen) atoms. The lowest BCUT2D eigenvalue weighted by Crippen LogP contribution is -2.43. The summed E-state index contributed by atoms with van der Waals surface area (Å²) in [7, 11) is 1.54. The Morgan fingerprint density at radius 2 is 1.97 bits per heavy atom. The molecule has 0 unspecified atom stereocenters. The number of anilines is 1. The monoisotopic (exact) mass is 409 g/mol. The Hall–Kier alpha value is -3.28. The highest BCUT2D eigenvalue weighted by atomic mass is 16.6. The van der Waals surface area contributed by atoms with Crippen LogP contribution in [0.5, 0.6) is 11.5 Å². The molecule has 1 heterocycles. The largest absolute Gasteiger partial charge is 0.493 e. The van der Waals surface area contributed by atoms with Gasteiger partial charge in [-0.15, -0.1) is 0 Å². The Balaban J connectivity index is 1.59. The van der Waals surface area contributed by atoms with Gasteiger partial charge in [-0.1, -0.05) is 36.4 Å². The fourth-order valence-electron chi connectivity index (χ4n) is 3.62. The van der Waals surface area contributed by atoms with Gasteiger partial charge in [-0.25, -0.2) is 4.79 Å². The molecule has 6 nitrogen and oxygen atoms in total. The molecule has 0 aliphatic carbocycles. The van der Waals surface area contributed by atoms with E-state index in [4.69, 9.17) is 14.2 Å². The van der Waals surface area contributed by atoms with Gasteiger partial charge in [0.15, 0.2) is 24.2 Å². The highest BCUT2D eigenvalue weighted by Crippen LogP contribution is 2.32. The minimum Gasteiger partial charge on any atom is -0.493 e. The molecule has 0 spiro atoms. The van der Waals surface area contributed by atoms with E-state index < -0.39 is 12.1 Å². The maximum Gasteiger partial charge on any atom is 0.344 e. The van der Waals surface area contributed by atoms with Crippen LogP contribution in [-0.4, -0.2) is 37.7 Å². The first-order chi connectivity index (χ1) is 14.4. The third kappa shape index (κ3) is 4.64. The van der Waals surface area contributed by atoms with Crippen molar-refractivity contribution in [2.24, 2.45) is 0 Å². The molecule has 1 amide bonds. The SMILES string of the molecule is C/C=C/c1ccc(OCC(=O)O[C@@H](C)C(=O)N2c3ccccc3C[C@H]2C)c(OC)c1. The molecule has 6 heteroatoms. The molecule has 3 rings (SSSR count). The van der Waals surface area contributed by atoms with Crippen LogP contribution in [0.15, 0.2) is 48.5 Å². The Kier molecular flexibility index (Phi) is 6.77. The second kappa shape index (κ2) is 9.48. The molecule has 0 saturated carbocycles. The first-order valence-electron chi connectivity index (χ1n) is 9.98. The van der Waals surface area contributed by atoms with Gasteiger partial charge in [0, 0.05) is 11.7 Å². The van der Waals surface area contributed by atoms with E-state index in [0.717, 1.165) is 23.2 Å². The number of methoxy groups -OCH3 is 1. The number of allylic oxidation sites excluding steroid dienone is 1. The smallest absolute Gasteiger partial charge is 0.344 e. The maximum absolute atomic E-state index is 12.9. The van der Waals surface area contributed by atoms with E-state index in [9.17, 15) is 9.59 Å². The van der Waals surface area contributed by atoms with Crippen molar-refractivity contribution < 1.29 is 23.8 Å². The highest BCUT2D eigenvalue weighted by molar-refractivity contribution is 5.99. The Bertz CT molecular complexity index is 952. The standard InChI is InChI=1S/C24H27NO5/c1-5-8-18-11-12-21(22(14-18)28-4)29-15-23(26)30-17(3)24(27)25-16(2)13-19-9-6-7-10-20(19)25/h5-12,14,16-17H,13,15H2,1-4H3/b8-5+/t16-,17+/m1/s1. The van der Waals surface area contributed by atoms with Crippen LogP contribution in [0.2, 0.25) is 0 Å². The van der Waals surface area contributed by atoms with Gasteiger partial charge < -0.3 is 19.1 Å². The van der Waals surface area contributed by atoms with Crippen LogP contribution in [0.25, 0.3) is 6.08 Å². The molecular weight excluding hydrogens is 382 g/mol. The van der Waals surface area contributed by atoms with Gasteiger partial charge in [-0.2, -0.15) is 0 Å². The Morgan fingerprint density at radius 1 is 1.20 bits per heavy atom. The molecule has 2 aromatic carbocycles. The molecule has 158 valence electrons. The molecule has 1 aliphatic rings. The second-order valence-electron chi connectivity index (χ2n) is 7.22. The van der Waals surface area contributed by atoms with E-state index in [2.05, 4.69) is 0 Å². The first-order valence-corrected chi connectivity index (χ1v) is 9.98. The molecule has 0 bridgehead atoms. The highest BCUT2D eigenvalue weighted by Gasteiger charge is 2.34. The Labute approximate surface area is 177 Å². The number of fused-ring (bicyclic) bond motifs is 1. The average Bonchev–Trinajstić information content (AvgIpc) is 3.07. The van der Waals surface area contributed by atoms with E-state index in [0.29, 0.717) is 11.5 Å². The van der Waals surface area contributed by atoms with E-state index in [-0.39, 0.29) is 18.6 Å². The summed E-state index contributed by atoms with van der Waals surface area (Å²) in [5.41, 5.74) is 2.96. The minimum atomic E-state index is -0.909. The summed E-state index contributed by atoms with van der Waals surface area (Å²) < 4.78 is 16.2. The van der Waals surface area contributed by atoms with Crippen molar-refractivity contribution in [3.8, 4) is 11.5 Å². The van der Waals surface area contributed by atoms with Gasteiger partial charge in [-0.05, 0) is 56.5 Å². The number of rotatable bonds is 7. The number of carbonyl (C=O) groups excluding carboxylic acids is 2. The molecule has 0 fully saturated rings. The molecule has 0 saturated heterocycles. The number of carbonyl (C=O) groups is 2. The molecule has 0 aromatic heterocycles. The van der Waals surface area contributed by atoms with Crippen molar-refractivity contribution in [2.45, 2.75) is 39.3 Å². The van der Waals surface area contributed by atoms with Crippen molar-refractivity contribution in [3.05, 3.63) is 59.7 Å². The lowest BCUT2D eigenvalue weighted by atomic mass is 10.1. The minimum absolute atomic E-state index is 0.0206. The van der Waals surface area contributed by atoms with E-state index in [1.165, 1.54) is 7.11 Å². The predicted molar refractivity (Wildman–Crippen MR) is 116 cm³/mol. The summed E-state index contributed by atoms with van der Waals surface area (Å²) in [5, 5.41) is 0. The second-order valence-corrected chi connectivity index (χ2v) is 7.22. The Morgan fingerprint density at radius 3 is 2.70 bits per heavy atom. The number of amides is 1. The van der Waals surface area contributed by atoms with Crippen molar-refractivity contribution in [3.63, 3.8) is 0 Å². The van der Waals surface area contributed by atoms with Crippen LogP contribution < -0.4 is 14.4 Å². The zero-order chi connectivity index (χ0) is 21.7.